The minimum Gasteiger partial charge on any atom is -0.497 e. The third kappa shape index (κ3) is 8.02. The maximum Gasteiger partial charge on any atom is 0.235 e. The van der Waals surface area contributed by atoms with Crippen LogP contribution in [0.4, 0.5) is 0 Å². The molecule has 1 N–H and O–H groups in total. The summed E-state index contributed by atoms with van der Waals surface area (Å²) in [6.07, 6.45) is 3.19. The topological polar surface area (TPSA) is 98.5 Å². The Labute approximate surface area is 182 Å². The monoisotopic (exact) mass is 454 g/mol. The smallest absolute Gasteiger partial charge is 0.235 e. The van der Waals surface area contributed by atoms with Crippen molar-refractivity contribution in [3.05, 3.63) is 35.7 Å². The number of hydrogen-bond acceptors (Lipinski definition) is 7. The van der Waals surface area contributed by atoms with Gasteiger partial charge in [-0.05, 0) is 55.5 Å². The predicted octanol–water partition coefficient (Wildman–Crippen LogP) is 3.61. The molecule has 0 atom stereocenters. The Bertz CT molecular complexity index is 908. The molecule has 0 radical (unpaired) electrons. The van der Waals surface area contributed by atoms with Gasteiger partial charge in [-0.25, -0.2) is 13.4 Å². The van der Waals surface area contributed by atoms with Gasteiger partial charge < -0.3 is 14.5 Å². The van der Waals surface area contributed by atoms with E-state index in [0.717, 1.165) is 23.5 Å². The Morgan fingerprint density at radius 2 is 1.90 bits per heavy atom. The number of amides is 1. The van der Waals surface area contributed by atoms with E-state index in [1.807, 2.05) is 11.8 Å². The first-order valence-corrected chi connectivity index (χ1v) is 13.0. The van der Waals surface area contributed by atoms with Crippen molar-refractivity contribution in [3.8, 4) is 17.2 Å². The summed E-state index contributed by atoms with van der Waals surface area (Å²) in [6, 6.07) is 7.13. The van der Waals surface area contributed by atoms with E-state index in [4.69, 9.17) is 9.15 Å². The molecule has 0 saturated carbocycles. The second kappa shape index (κ2) is 12.0. The molecule has 9 heteroatoms. The Kier molecular flexibility index (Phi) is 9.71. The van der Waals surface area contributed by atoms with Crippen LogP contribution in [0.5, 0.6) is 5.75 Å². The van der Waals surface area contributed by atoms with E-state index in [2.05, 4.69) is 17.2 Å². The first kappa shape index (κ1) is 24.3. The van der Waals surface area contributed by atoms with Crippen LogP contribution in [-0.2, 0) is 20.4 Å². The first-order valence-electron chi connectivity index (χ1n) is 10.00. The molecule has 0 aliphatic rings. The SMILES string of the molecule is CCCCSCCCNC(=O)CS(=O)(=O)Cc1nc(-c2ccc(OC)cc2)oc1C. The lowest BCUT2D eigenvalue weighted by Crippen LogP contribution is -2.31. The second-order valence-electron chi connectivity index (χ2n) is 6.95. The lowest BCUT2D eigenvalue weighted by atomic mass is 10.2. The second-order valence-corrected chi connectivity index (χ2v) is 10.2. The summed E-state index contributed by atoms with van der Waals surface area (Å²) in [4.78, 5) is 16.3. The van der Waals surface area contributed by atoms with Crippen molar-refractivity contribution in [1.82, 2.24) is 10.3 Å². The van der Waals surface area contributed by atoms with Gasteiger partial charge in [0.1, 0.15) is 17.3 Å². The molecule has 1 aromatic carbocycles. The highest BCUT2D eigenvalue weighted by molar-refractivity contribution is 7.99. The standard InChI is InChI=1S/C21H30N2O5S2/c1-4-5-12-29-13-6-11-22-20(24)15-30(25,26)14-19-16(2)28-21(23-19)17-7-9-18(27-3)10-8-17/h7-10H,4-6,11-15H2,1-3H3,(H,22,24). The van der Waals surface area contributed by atoms with Crippen LogP contribution >= 0.6 is 11.8 Å². The van der Waals surface area contributed by atoms with Crippen molar-refractivity contribution in [2.75, 3.05) is 30.9 Å². The number of aromatic nitrogens is 1. The highest BCUT2D eigenvalue weighted by Crippen LogP contribution is 2.25. The molecule has 30 heavy (non-hydrogen) atoms. The summed E-state index contributed by atoms with van der Waals surface area (Å²) in [5.74, 6) is 2.17. The van der Waals surface area contributed by atoms with Crippen LogP contribution < -0.4 is 10.1 Å². The molecular weight excluding hydrogens is 424 g/mol. The van der Waals surface area contributed by atoms with Crippen LogP contribution in [0.25, 0.3) is 11.5 Å². The fourth-order valence-electron chi connectivity index (χ4n) is 2.68. The number of oxazole rings is 1. The summed E-state index contributed by atoms with van der Waals surface area (Å²) in [6.45, 7) is 4.31. The third-order valence-corrected chi connectivity index (χ3v) is 6.94. The van der Waals surface area contributed by atoms with Crippen LogP contribution in [0, 0.1) is 6.92 Å². The lowest BCUT2D eigenvalue weighted by molar-refractivity contribution is -0.118. The van der Waals surface area contributed by atoms with Crippen LogP contribution in [0.1, 0.15) is 37.6 Å². The first-order chi connectivity index (χ1) is 14.3. The molecule has 1 aromatic heterocycles. The predicted molar refractivity (Wildman–Crippen MR) is 121 cm³/mol. The third-order valence-electron chi connectivity index (χ3n) is 4.37. The Morgan fingerprint density at radius 3 is 2.57 bits per heavy atom. The summed E-state index contributed by atoms with van der Waals surface area (Å²) < 4.78 is 35.6. The number of nitrogens with zero attached hydrogens (tertiary/aromatic N) is 1. The number of nitrogens with one attached hydrogen (secondary N) is 1. The molecule has 0 saturated heterocycles. The maximum absolute atomic E-state index is 12.4. The molecule has 166 valence electrons. The number of carbonyl (C=O) groups is 1. The fourth-order valence-corrected chi connectivity index (χ4v) is 5.01. The largest absolute Gasteiger partial charge is 0.497 e. The van der Waals surface area contributed by atoms with E-state index in [0.29, 0.717) is 29.6 Å². The quantitative estimate of drug-likeness (QED) is 0.462. The van der Waals surface area contributed by atoms with Crippen LogP contribution in [-0.4, -0.2) is 50.2 Å². The van der Waals surface area contributed by atoms with E-state index < -0.39 is 21.5 Å². The molecule has 0 bridgehead atoms. The van der Waals surface area contributed by atoms with Gasteiger partial charge in [0.25, 0.3) is 0 Å². The molecule has 2 aromatic rings. The molecule has 0 unspecified atom stereocenters. The highest BCUT2D eigenvalue weighted by Gasteiger charge is 2.22. The number of benzene rings is 1. The van der Waals surface area contributed by atoms with E-state index in [9.17, 15) is 13.2 Å². The van der Waals surface area contributed by atoms with Gasteiger partial charge in [-0.15, -0.1) is 0 Å². The van der Waals surface area contributed by atoms with Gasteiger partial charge in [-0.1, -0.05) is 13.3 Å². The van der Waals surface area contributed by atoms with Gasteiger partial charge in [0.05, 0.1) is 18.6 Å². The average molecular weight is 455 g/mol. The molecule has 7 nitrogen and oxygen atoms in total. The zero-order chi connectivity index (χ0) is 22.0. The van der Waals surface area contributed by atoms with Crippen molar-refractivity contribution < 1.29 is 22.4 Å². The van der Waals surface area contributed by atoms with E-state index >= 15 is 0 Å². The number of thioether (sulfide) groups is 1. The van der Waals surface area contributed by atoms with Gasteiger partial charge in [0, 0.05) is 12.1 Å². The Hall–Kier alpha value is -2.00. The van der Waals surface area contributed by atoms with Crippen LogP contribution in [0.2, 0.25) is 0 Å². The number of aryl methyl sites for hydroxylation is 1. The summed E-state index contributed by atoms with van der Waals surface area (Å²) in [7, 11) is -2.07. The number of ether oxygens (including phenoxy) is 1. The number of methoxy groups -OCH3 is 1. The van der Waals surface area contributed by atoms with Gasteiger partial charge in [0.15, 0.2) is 9.84 Å². The summed E-state index contributed by atoms with van der Waals surface area (Å²) in [5, 5.41) is 2.68. The Balaban J connectivity index is 1.85. The van der Waals surface area contributed by atoms with Crippen molar-refractivity contribution >= 4 is 27.5 Å². The minimum absolute atomic E-state index is 0.320. The van der Waals surface area contributed by atoms with Crippen molar-refractivity contribution in [2.24, 2.45) is 0 Å². The summed E-state index contributed by atoms with van der Waals surface area (Å²) in [5.41, 5.74) is 1.04. The normalized spacial score (nSPS) is 11.4. The number of hydrogen-bond donors (Lipinski definition) is 1. The van der Waals surface area contributed by atoms with Gasteiger partial charge in [-0.2, -0.15) is 11.8 Å². The van der Waals surface area contributed by atoms with Gasteiger partial charge in [-0.3, -0.25) is 4.79 Å². The number of rotatable bonds is 13. The van der Waals surface area contributed by atoms with Crippen LogP contribution in [0.3, 0.4) is 0 Å². The van der Waals surface area contributed by atoms with Gasteiger partial charge in [0.2, 0.25) is 11.8 Å². The van der Waals surface area contributed by atoms with Gasteiger partial charge >= 0.3 is 0 Å². The van der Waals surface area contributed by atoms with Crippen molar-refractivity contribution in [2.45, 2.75) is 38.9 Å². The number of sulfone groups is 1. The molecule has 0 spiro atoms. The van der Waals surface area contributed by atoms with Crippen molar-refractivity contribution in [1.29, 1.82) is 0 Å². The average Bonchev–Trinajstić information content (AvgIpc) is 3.06. The lowest BCUT2D eigenvalue weighted by Gasteiger charge is -2.06. The maximum atomic E-state index is 12.4. The molecule has 2 rings (SSSR count). The van der Waals surface area contributed by atoms with Crippen molar-refractivity contribution in [3.63, 3.8) is 0 Å². The molecule has 1 amide bonds. The highest BCUT2D eigenvalue weighted by atomic mass is 32.2. The zero-order valence-electron chi connectivity index (χ0n) is 17.8. The molecular formula is C21H30N2O5S2. The molecule has 0 aliphatic heterocycles. The fraction of sp³-hybridized carbons (Fsp3) is 0.524. The molecule has 0 fully saturated rings. The minimum atomic E-state index is -3.65. The van der Waals surface area contributed by atoms with E-state index in [1.54, 1.807) is 38.3 Å². The number of unbranched alkanes of at least 4 members (excludes halogenated alkanes) is 1. The number of carbonyl (C=O) groups excluding carboxylic acids is 1. The summed E-state index contributed by atoms with van der Waals surface area (Å²) >= 11 is 1.85. The van der Waals surface area contributed by atoms with E-state index in [1.165, 1.54) is 12.8 Å². The van der Waals surface area contributed by atoms with E-state index in [-0.39, 0.29) is 5.75 Å². The zero-order valence-corrected chi connectivity index (χ0v) is 19.4. The van der Waals surface area contributed by atoms with Crippen LogP contribution in [0.15, 0.2) is 28.7 Å². The Morgan fingerprint density at radius 1 is 1.20 bits per heavy atom. The molecule has 1 heterocycles. The molecule has 0 aliphatic carbocycles.